The van der Waals surface area contributed by atoms with E-state index in [0.29, 0.717) is 18.4 Å². The van der Waals surface area contributed by atoms with Gasteiger partial charge in [0, 0.05) is 22.7 Å². The second-order valence-corrected chi connectivity index (χ2v) is 17.7. The van der Waals surface area contributed by atoms with Gasteiger partial charge >= 0.3 is 11.9 Å². The molecule has 10 heteroatoms. The van der Waals surface area contributed by atoms with Crippen molar-refractivity contribution in [2.45, 2.75) is 127 Å². The van der Waals surface area contributed by atoms with Crippen LogP contribution in [0.5, 0.6) is 0 Å². The van der Waals surface area contributed by atoms with Crippen LogP contribution in [0.15, 0.2) is 23.3 Å². The van der Waals surface area contributed by atoms with E-state index in [1.807, 2.05) is 13.8 Å². The van der Waals surface area contributed by atoms with Crippen LogP contribution in [0, 0.1) is 39.4 Å². The van der Waals surface area contributed by atoms with E-state index < -0.39 is 69.2 Å². The van der Waals surface area contributed by atoms with E-state index in [0.717, 1.165) is 31.3 Å². The van der Waals surface area contributed by atoms with Crippen molar-refractivity contribution in [1.82, 2.24) is 0 Å². The topological polar surface area (TPSA) is 134 Å². The van der Waals surface area contributed by atoms with Gasteiger partial charge in [-0.3, -0.25) is 4.79 Å². The summed E-state index contributed by atoms with van der Waals surface area (Å²) in [6.45, 7) is 12.6. The maximum Gasteiger partial charge on any atom is 0.333 e. The van der Waals surface area contributed by atoms with E-state index in [2.05, 4.69) is 19.9 Å². The summed E-state index contributed by atoms with van der Waals surface area (Å²) in [4.78, 5) is 25.7. The van der Waals surface area contributed by atoms with Gasteiger partial charge in [-0.15, -0.1) is 0 Å². The lowest BCUT2D eigenvalue weighted by molar-refractivity contribution is -0.251. The molecule has 3 unspecified atom stereocenters. The number of hydrogen-bond donors (Lipinski definition) is 6. The molecular formula is C35H54O8S2. The highest BCUT2D eigenvalue weighted by Crippen LogP contribution is 2.74. The molecular weight excluding hydrogens is 613 g/mol. The number of thiol groups is 2. The minimum absolute atomic E-state index is 0.00937. The van der Waals surface area contributed by atoms with Gasteiger partial charge in [0.05, 0.1) is 35.6 Å². The summed E-state index contributed by atoms with van der Waals surface area (Å²) in [5.74, 6) is -1.32. The zero-order valence-corrected chi connectivity index (χ0v) is 29.7. The van der Waals surface area contributed by atoms with Crippen molar-refractivity contribution < 1.29 is 39.5 Å². The number of esters is 2. The smallest absolute Gasteiger partial charge is 0.333 e. The molecule has 5 aliphatic carbocycles. The van der Waals surface area contributed by atoms with Gasteiger partial charge in [0.15, 0.2) is 0 Å². The highest BCUT2D eigenvalue weighted by molar-refractivity contribution is 7.82. The molecule has 4 N–H and O–H groups in total. The van der Waals surface area contributed by atoms with Crippen LogP contribution in [-0.4, -0.2) is 79.5 Å². The molecule has 0 aliphatic heterocycles. The van der Waals surface area contributed by atoms with E-state index in [4.69, 9.17) is 34.7 Å². The normalized spacial score (nSPS) is 49.0. The maximum atomic E-state index is 13.1. The summed E-state index contributed by atoms with van der Waals surface area (Å²) in [5.41, 5.74) is -1.07. The monoisotopic (exact) mass is 666 g/mol. The predicted molar refractivity (Wildman–Crippen MR) is 178 cm³/mol. The second kappa shape index (κ2) is 11.5. The largest absolute Gasteiger partial charge is 0.458 e. The lowest BCUT2D eigenvalue weighted by Gasteiger charge is -2.72. The molecule has 0 saturated heterocycles. The van der Waals surface area contributed by atoms with Crippen molar-refractivity contribution in [2.24, 2.45) is 39.4 Å². The zero-order valence-electron chi connectivity index (χ0n) is 27.9. The van der Waals surface area contributed by atoms with Crippen LogP contribution >= 0.6 is 25.3 Å². The fraction of sp³-hybridized carbons (Fsp3) is 0.829. The number of carbonyl (C=O) groups excluding carboxylic acids is 2. The molecule has 4 fully saturated rings. The Bertz CT molecular complexity index is 1280. The van der Waals surface area contributed by atoms with Gasteiger partial charge in [-0.05, 0) is 87.4 Å². The summed E-state index contributed by atoms with van der Waals surface area (Å²) < 4.78 is 10.5. The molecule has 254 valence electrons. The molecule has 5 rings (SSSR count). The summed E-state index contributed by atoms with van der Waals surface area (Å²) in [6, 6.07) is 0. The third-order valence-corrected chi connectivity index (χ3v) is 15.4. The van der Waals surface area contributed by atoms with Gasteiger partial charge in [0.2, 0.25) is 0 Å². The quantitative estimate of drug-likeness (QED) is 0.110. The first-order valence-electron chi connectivity index (χ1n) is 16.6. The standard InChI is InChI=1S/C35H54O8S2/c1-8-19(2)29(41)43-27-28(42-20(3)38)33(17-36)22(15-30(27,4)5)21-9-10-23-31(6)13-12-25(39)34(44,18-37)24(31)11-14-32(23,7)35(21,45)16-26(33)40/h8-9,22-28,36-37,39-40,44-45H,10-18H2,1-7H3/b19-8-/t22?,23?,24?,25-,26+,27-,28-,31+,32+,33-,34-,35-/m0/s1. The molecule has 45 heavy (non-hydrogen) atoms. The van der Waals surface area contributed by atoms with Gasteiger partial charge < -0.3 is 29.9 Å². The predicted octanol–water partition coefficient (Wildman–Crippen LogP) is 4.44. The van der Waals surface area contributed by atoms with Crippen molar-refractivity contribution >= 4 is 37.2 Å². The highest BCUT2D eigenvalue weighted by atomic mass is 32.1. The number of ether oxygens (including phenoxy) is 2. The van der Waals surface area contributed by atoms with Crippen LogP contribution in [0.25, 0.3) is 0 Å². The molecule has 0 aromatic carbocycles. The van der Waals surface area contributed by atoms with E-state index in [1.165, 1.54) is 6.92 Å². The van der Waals surface area contributed by atoms with Crippen molar-refractivity contribution in [1.29, 1.82) is 0 Å². The zero-order chi connectivity index (χ0) is 33.5. The second-order valence-electron chi connectivity index (χ2n) is 16.1. The van der Waals surface area contributed by atoms with Crippen molar-refractivity contribution in [3.8, 4) is 0 Å². The maximum absolute atomic E-state index is 13.1. The van der Waals surface area contributed by atoms with E-state index in [1.54, 1.807) is 19.9 Å². The minimum Gasteiger partial charge on any atom is -0.458 e. The fourth-order valence-corrected chi connectivity index (χ4v) is 12.2. The lowest BCUT2D eigenvalue weighted by atomic mass is 9.37. The summed E-state index contributed by atoms with van der Waals surface area (Å²) in [5, 5.41) is 45.0. The molecule has 12 atom stereocenters. The van der Waals surface area contributed by atoms with Crippen molar-refractivity contribution in [3.63, 3.8) is 0 Å². The fourth-order valence-electron chi connectivity index (χ4n) is 11.0. The molecule has 0 radical (unpaired) electrons. The first-order chi connectivity index (χ1) is 20.8. The molecule has 4 saturated carbocycles. The Kier molecular flexibility index (Phi) is 9.05. The van der Waals surface area contributed by atoms with Crippen LogP contribution < -0.4 is 0 Å². The third-order valence-electron chi connectivity index (χ3n) is 13.7. The van der Waals surface area contributed by atoms with Gasteiger partial charge in [-0.2, -0.15) is 25.3 Å². The molecule has 5 aliphatic rings. The molecule has 0 heterocycles. The number of aliphatic hydroxyl groups excluding tert-OH is 4. The van der Waals surface area contributed by atoms with Crippen molar-refractivity contribution in [3.05, 3.63) is 23.3 Å². The Morgan fingerprint density at radius 3 is 2.18 bits per heavy atom. The Morgan fingerprint density at radius 1 is 0.933 bits per heavy atom. The van der Waals surface area contributed by atoms with Crippen molar-refractivity contribution in [2.75, 3.05) is 13.2 Å². The summed E-state index contributed by atoms with van der Waals surface area (Å²) in [6.07, 6.45) is 4.52. The SMILES string of the molecule is C/C=C(/C)C(=O)O[C@H]1[C@H](OC(C)=O)[C@@]2(CO)C(CC1(C)C)C1=CCC3[C@@]4(C)CC[C@H](O)[C@](S)(CO)C4CC[C@@]3(C)[C@]1(S)C[C@H]2O. The number of carbonyl (C=O) groups is 2. The number of rotatable bonds is 5. The number of fused-ring (bicyclic) bond motifs is 7. The molecule has 0 amide bonds. The minimum atomic E-state index is -1.30. The average molecular weight is 667 g/mol. The molecule has 0 aromatic rings. The van der Waals surface area contributed by atoms with Gasteiger partial charge in [-0.1, -0.05) is 45.4 Å². The first-order valence-corrected chi connectivity index (χ1v) is 17.5. The van der Waals surface area contributed by atoms with Gasteiger partial charge in [0.1, 0.15) is 12.2 Å². The van der Waals surface area contributed by atoms with Crippen LogP contribution in [0.1, 0.15) is 93.4 Å². The molecule has 0 aromatic heterocycles. The highest BCUT2D eigenvalue weighted by Gasteiger charge is 2.74. The van der Waals surface area contributed by atoms with E-state index in [9.17, 15) is 30.0 Å². The van der Waals surface area contributed by atoms with Crippen LogP contribution in [0.2, 0.25) is 0 Å². The Hall–Kier alpha value is -1.04. The van der Waals surface area contributed by atoms with Crippen LogP contribution in [0.3, 0.4) is 0 Å². The molecule has 0 spiro atoms. The summed E-state index contributed by atoms with van der Waals surface area (Å²) >= 11 is 10.5. The number of aliphatic hydroxyl groups is 4. The number of hydrogen-bond acceptors (Lipinski definition) is 10. The van der Waals surface area contributed by atoms with E-state index >= 15 is 0 Å². The van der Waals surface area contributed by atoms with Crippen LogP contribution in [0.4, 0.5) is 0 Å². The Labute approximate surface area is 279 Å². The molecule has 8 nitrogen and oxygen atoms in total. The average Bonchev–Trinajstić information content (AvgIpc) is 2.96. The third kappa shape index (κ3) is 4.77. The first kappa shape index (κ1) is 35.3. The van der Waals surface area contributed by atoms with Gasteiger partial charge in [0.25, 0.3) is 0 Å². The Morgan fingerprint density at radius 2 is 1.60 bits per heavy atom. The molecule has 0 bridgehead atoms. The van der Waals surface area contributed by atoms with E-state index in [-0.39, 0.29) is 35.7 Å². The van der Waals surface area contributed by atoms with Crippen LogP contribution in [-0.2, 0) is 19.1 Å². The summed E-state index contributed by atoms with van der Waals surface area (Å²) in [7, 11) is 0. The number of allylic oxidation sites excluding steroid dienone is 2. The lowest BCUT2D eigenvalue weighted by Crippen LogP contribution is -2.74. The Balaban J connectivity index is 1.63. The van der Waals surface area contributed by atoms with Gasteiger partial charge in [-0.25, -0.2) is 4.79 Å².